The van der Waals surface area contributed by atoms with Crippen LogP contribution in [0.25, 0.3) is 5.69 Å². The van der Waals surface area contributed by atoms with E-state index >= 15 is 0 Å². The highest BCUT2D eigenvalue weighted by molar-refractivity contribution is 5.89. The van der Waals surface area contributed by atoms with Gasteiger partial charge in [-0.25, -0.2) is 9.48 Å². The molecule has 0 spiro atoms. The van der Waals surface area contributed by atoms with Crippen molar-refractivity contribution < 1.29 is 9.53 Å². The van der Waals surface area contributed by atoms with Gasteiger partial charge >= 0.3 is 5.97 Å². The van der Waals surface area contributed by atoms with Crippen molar-refractivity contribution in [1.29, 1.82) is 0 Å². The second-order valence-electron chi connectivity index (χ2n) is 6.29. The second kappa shape index (κ2) is 6.54. The SMILES string of the molecule is Cc1cc(C)n(-c2ccc(C(=O)OC3CCN(C)CC3)cc2)n1. The number of benzene rings is 1. The molecule has 1 aromatic carbocycles. The number of hydrogen-bond acceptors (Lipinski definition) is 4. The van der Waals surface area contributed by atoms with Gasteiger partial charge in [0.2, 0.25) is 0 Å². The van der Waals surface area contributed by atoms with Crippen LogP contribution >= 0.6 is 0 Å². The fourth-order valence-electron chi connectivity index (χ4n) is 2.95. The number of aryl methyl sites for hydroxylation is 2. The number of likely N-dealkylation sites (tertiary alicyclic amines) is 1. The monoisotopic (exact) mass is 313 g/mol. The van der Waals surface area contributed by atoms with E-state index in [1.165, 1.54) is 0 Å². The van der Waals surface area contributed by atoms with Crippen molar-refractivity contribution in [3.63, 3.8) is 0 Å². The van der Waals surface area contributed by atoms with E-state index in [9.17, 15) is 4.79 Å². The number of carbonyl (C=O) groups is 1. The van der Waals surface area contributed by atoms with E-state index in [2.05, 4.69) is 17.0 Å². The van der Waals surface area contributed by atoms with Crippen LogP contribution in [0.3, 0.4) is 0 Å². The largest absolute Gasteiger partial charge is 0.459 e. The van der Waals surface area contributed by atoms with E-state index in [0.29, 0.717) is 5.56 Å². The van der Waals surface area contributed by atoms with Crippen LogP contribution in [0, 0.1) is 13.8 Å². The van der Waals surface area contributed by atoms with Crippen molar-refractivity contribution in [1.82, 2.24) is 14.7 Å². The number of aromatic nitrogens is 2. The number of rotatable bonds is 3. The number of ether oxygens (including phenoxy) is 1. The number of esters is 1. The number of piperidine rings is 1. The Morgan fingerprint density at radius 2 is 1.83 bits per heavy atom. The summed E-state index contributed by atoms with van der Waals surface area (Å²) in [4.78, 5) is 14.5. The van der Waals surface area contributed by atoms with Gasteiger partial charge in [0.15, 0.2) is 0 Å². The van der Waals surface area contributed by atoms with Gasteiger partial charge in [-0.1, -0.05) is 0 Å². The molecular formula is C18H23N3O2. The lowest BCUT2D eigenvalue weighted by atomic mass is 10.1. The van der Waals surface area contributed by atoms with Crippen molar-refractivity contribution in [3.8, 4) is 5.69 Å². The molecule has 3 rings (SSSR count). The van der Waals surface area contributed by atoms with Gasteiger partial charge in [0.25, 0.3) is 0 Å². The molecule has 0 N–H and O–H groups in total. The van der Waals surface area contributed by atoms with Crippen LogP contribution in [-0.2, 0) is 4.74 Å². The van der Waals surface area contributed by atoms with E-state index in [0.717, 1.165) is 43.0 Å². The summed E-state index contributed by atoms with van der Waals surface area (Å²) in [5.41, 5.74) is 3.60. The Balaban J connectivity index is 1.67. The summed E-state index contributed by atoms with van der Waals surface area (Å²) in [7, 11) is 2.09. The molecule has 1 aliphatic rings. The highest BCUT2D eigenvalue weighted by Crippen LogP contribution is 2.17. The van der Waals surface area contributed by atoms with Crippen LogP contribution in [0.5, 0.6) is 0 Å². The molecular weight excluding hydrogens is 290 g/mol. The van der Waals surface area contributed by atoms with Gasteiger partial charge in [-0.2, -0.15) is 5.10 Å². The molecule has 2 heterocycles. The van der Waals surface area contributed by atoms with Crippen LogP contribution < -0.4 is 0 Å². The Hall–Kier alpha value is -2.14. The topological polar surface area (TPSA) is 47.4 Å². The van der Waals surface area contributed by atoms with Gasteiger partial charge in [-0.15, -0.1) is 0 Å². The van der Waals surface area contributed by atoms with Gasteiger partial charge in [-0.3, -0.25) is 0 Å². The van der Waals surface area contributed by atoms with Crippen LogP contribution in [0.4, 0.5) is 0 Å². The standard InChI is InChI=1S/C18H23N3O2/c1-13-12-14(2)21(19-13)16-6-4-15(5-7-16)18(22)23-17-8-10-20(3)11-9-17/h4-7,12,17H,8-11H2,1-3H3. The average Bonchev–Trinajstić information content (AvgIpc) is 2.88. The van der Waals surface area contributed by atoms with Crippen molar-refractivity contribution in [2.24, 2.45) is 0 Å². The molecule has 0 aliphatic carbocycles. The molecule has 1 aromatic heterocycles. The molecule has 0 saturated carbocycles. The van der Waals surface area contributed by atoms with Gasteiger partial charge in [0.1, 0.15) is 6.10 Å². The smallest absolute Gasteiger partial charge is 0.338 e. The molecule has 1 aliphatic heterocycles. The minimum Gasteiger partial charge on any atom is -0.459 e. The number of carbonyl (C=O) groups excluding carboxylic acids is 1. The lowest BCUT2D eigenvalue weighted by Gasteiger charge is -2.28. The first-order valence-corrected chi connectivity index (χ1v) is 8.06. The molecule has 0 radical (unpaired) electrons. The second-order valence-corrected chi connectivity index (χ2v) is 6.29. The first kappa shape index (κ1) is 15.7. The summed E-state index contributed by atoms with van der Waals surface area (Å²) >= 11 is 0. The number of hydrogen-bond donors (Lipinski definition) is 0. The predicted octanol–water partition coefficient (Wildman–Crippen LogP) is 2.74. The highest BCUT2D eigenvalue weighted by atomic mass is 16.5. The first-order chi connectivity index (χ1) is 11.0. The van der Waals surface area contributed by atoms with Crippen LogP contribution in [0.1, 0.15) is 34.6 Å². The zero-order chi connectivity index (χ0) is 16.4. The molecule has 23 heavy (non-hydrogen) atoms. The highest BCUT2D eigenvalue weighted by Gasteiger charge is 2.21. The van der Waals surface area contributed by atoms with E-state index < -0.39 is 0 Å². The maximum absolute atomic E-state index is 12.3. The molecule has 1 fully saturated rings. The zero-order valence-corrected chi connectivity index (χ0v) is 14.0. The quantitative estimate of drug-likeness (QED) is 0.818. The Labute approximate surface area is 136 Å². The van der Waals surface area contributed by atoms with Crippen LogP contribution in [0.2, 0.25) is 0 Å². The Bertz CT molecular complexity index is 683. The summed E-state index contributed by atoms with van der Waals surface area (Å²) in [6.45, 7) is 5.95. The van der Waals surface area contributed by atoms with Crippen LogP contribution in [-0.4, -0.2) is 46.9 Å². The van der Waals surface area contributed by atoms with E-state index in [4.69, 9.17) is 4.74 Å². The lowest BCUT2D eigenvalue weighted by Crippen LogP contribution is -2.35. The third kappa shape index (κ3) is 3.62. The van der Waals surface area contributed by atoms with Gasteiger partial charge in [-0.05, 0) is 64.1 Å². The minimum atomic E-state index is -0.237. The first-order valence-electron chi connectivity index (χ1n) is 8.06. The summed E-state index contributed by atoms with van der Waals surface area (Å²) in [6.07, 6.45) is 1.85. The van der Waals surface area contributed by atoms with Crippen molar-refractivity contribution in [2.45, 2.75) is 32.8 Å². The Morgan fingerprint density at radius 3 is 2.39 bits per heavy atom. The van der Waals surface area contributed by atoms with E-state index in [-0.39, 0.29) is 12.1 Å². The molecule has 5 nitrogen and oxygen atoms in total. The Kier molecular flexibility index (Phi) is 4.48. The van der Waals surface area contributed by atoms with Crippen molar-refractivity contribution >= 4 is 5.97 Å². The maximum atomic E-state index is 12.3. The maximum Gasteiger partial charge on any atom is 0.338 e. The number of nitrogens with zero attached hydrogens (tertiary/aromatic N) is 3. The average molecular weight is 313 g/mol. The van der Waals surface area contributed by atoms with Crippen molar-refractivity contribution in [2.75, 3.05) is 20.1 Å². The molecule has 0 bridgehead atoms. The molecule has 1 saturated heterocycles. The third-order valence-corrected chi connectivity index (χ3v) is 4.30. The lowest BCUT2D eigenvalue weighted by molar-refractivity contribution is 0.0139. The Morgan fingerprint density at radius 1 is 1.17 bits per heavy atom. The summed E-state index contributed by atoms with van der Waals surface area (Å²) in [6, 6.07) is 9.46. The normalized spacial score (nSPS) is 16.5. The van der Waals surface area contributed by atoms with Gasteiger partial charge < -0.3 is 9.64 Å². The van der Waals surface area contributed by atoms with Gasteiger partial charge in [0, 0.05) is 18.8 Å². The summed E-state index contributed by atoms with van der Waals surface area (Å²) in [5, 5.41) is 4.45. The molecule has 0 unspecified atom stereocenters. The van der Waals surface area contributed by atoms with E-state index in [1.54, 1.807) is 0 Å². The van der Waals surface area contributed by atoms with Crippen molar-refractivity contribution in [3.05, 3.63) is 47.3 Å². The molecule has 122 valence electrons. The van der Waals surface area contributed by atoms with E-state index in [1.807, 2.05) is 48.9 Å². The summed E-state index contributed by atoms with van der Waals surface area (Å²) < 4.78 is 7.49. The fourth-order valence-corrected chi connectivity index (χ4v) is 2.95. The molecule has 2 aromatic rings. The molecule has 0 atom stereocenters. The minimum absolute atomic E-state index is 0.0365. The third-order valence-electron chi connectivity index (χ3n) is 4.30. The fraction of sp³-hybridized carbons (Fsp3) is 0.444. The zero-order valence-electron chi connectivity index (χ0n) is 14.0. The van der Waals surface area contributed by atoms with Gasteiger partial charge in [0.05, 0.1) is 16.9 Å². The molecule has 0 amide bonds. The molecule has 5 heteroatoms. The van der Waals surface area contributed by atoms with Crippen LogP contribution in [0.15, 0.2) is 30.3 Å². The summed E-state index contributed by atoms with van der Waals surface area (Å²) in [5.74, 6) is -0.237. The predicted molar refractivity (Wildman–Crippen MR) is 89.0 cm³/mol.